The molecule has 9 heteroatoms. The predicted octanol–water partition coefficient (Wildman–Crippen LogP) is 6.34. The second-order valence-corrected chi connectivity index (χ2v) is 8.47. The van der Waals surface area contributed by atoms with Gasteiger partial charge >= 0.3 is 11.9 Å². The molecule has 1 heterocycles. The molecule has 0 bridgehead atoms. The van der Waals surface area contributed by atoms with Crippen molar-refractivity contribution >= 4 is 29.3 Å². The molecule has 0 saturated heterocycles. The Labute approximate surface area is 209 Å². The molecule has 2 aromatic carbocycles. The highest BCUT2D eigenvalue weighted by Gasteiger charge is 2.43. The number of hydrogen-bond acceptors (Lipinski definition) is 6. The molecule has 35 heavy (non-hydrogen) atoms. The quantitative estimate of drug-likeness (QED) is 0.175. The lowest BCUT2D eigenvalue weighted by molar-refractivity contribution is -0.144. The summed E-state index contributed by atoms with van der Waals surface area (Å²) in [7, 11) is 1.30. The van der Waals surface area contributed by atoms with Crippen LogP contribution in [0.5, 0.6) is 0 Å². The van der Waals surface area contributed by atoms with Gasteiger partial charge in [0.25, 0.3) is 0 Å². The van der Waals surface area contributed by atoms with E-state index in [9.17, 15) is 9.59 Å². The maximum Gasteiger partial charge on any atom is 0.336 e. The number of nitrogens with zero attached hydrogens (tertiary/aromatic N) is 4. The molecule has 0 radical (unpaired) electrons. The predicted molar refractivity (Wildman–Crippen MR) is 134 cm³/mol. The first-order chi connectivity index (χ1) is 16.9. The van der Waals surface area contributed by atoms with E-state index in [0.29, 0.717) is 34.8 Å². The van der Waals surface area contributed by atoms with Crippen molar-refractivity contribution in [3.8, 4) is 0 Å². The summed E-state index contributed by atoms with van der Waals surface area (Å²) in [5.41, 5.74) is 11.9. The number of halogens is 1. The molecule has 1 aliphatic heterocycles. The van der Waals surface area contributed by atoms with Crippen molar-refractivity contribution in [3.05, 3.63) is 92.5 Å². The molecular weight excluding hydrogens is 468 g/mol. The van der Waals surface area contributed by atoms with E-state index in [0.717, 1.165) is 5.56 Å². The van der Waals surface area contributed by atoms with E-state index in [1.54, 1.807) is 32.0 Å². The fourth-order valence-corrected chi connectivity index (χ4v) is 4.57. The largest absolute Gasteiger partial charge is 0.468 e. The van der Waals surface area contributed by atoms with Gasteiger partial charge in [0.15, 0.2) is 0 Å². The zero-order valence-electron chi connectivity index (χ0n) is 19.8. The number of azide groups is 1. The number of carbonyl (C=O) groups is 2. The number of ether oxygens (including phenoxy) is 2. The first-order valence-corrected chi connectivity index (χ1v) is 11.7. The van der Waals surface area contributed by atoms with Crippen LogP contribution in [0.3, 0.4) is 0 Å². The van der Waals surface area contributed by atoms with Crippen LogP contribution in [0.4, 0.5) is 0 Å². The van der Waals surface area contributed by atoms with Gasteiger partial charge in [0.2, 0.25) is 0 Å². The van der Waals surface area contributed by atoms with Crippen molar-refractivity contribution in [2.24, 2.45) is 16.0 Å². The van der Waals surface area contributed by atoms with Crippen LogP contribution in [0, 0.1) is 5.92 Å². The average Bonchev–Trinajstić information content (AvgIpc) is 2.86. The van der Waals surface area contributed by atoms with Crippen LogP contribution in [0.1, 0.15) is 49.8 Å². The van der Waals surface area contributed by atoms with E-state index in [1.165, 1.54) is 7.11 Å². The highest BCUT2D eigenvalue weighted by atomic mass is 35.5. The van der Waals surface area contributed by atoms with E-state index in [2.05, 4.69) is 15.0 Å². The Bertz CT molecular complexity index is 1190. The molecule has 182 valence electrons. The Morgan fingerprint density at radius 3 is 2.57 bits per heavy atom. The molecule has 0 saturated carbocycles. The van der Waals surface area contributed by atoms with Crippen molar-refractivity contribution in [2.45, 2.75) is 38.6 Å². The minimum atomic E-state index is -0.816. The summed E-state index contributed by atoms with van der Waals surface area (Å²) in [5, 5.41) is 4.43. The van der Waals surface area contributed by atoms with Crippen molar-refractivity contribution in [2.75, 3.05) is 13.7 Å². The van der Waals surface area contributed by atoms with Crippen molar-refractivity contribution in [3.63, 3.8) is 0 Å². The van der Waals surface area contributed by atoms with Gasteiger partial charge in [-0.1, -0.05) is 59.2 Å². The van der Waals surface area contributed by atoms with E-state index < -0.39 is 29.8 Å². The molecule has 0 aliphatic carbocycles. The fraction of sp³-hybridized carbons (Fsp3) is 0.346. The van der Waals surface area contributed by atoms with Gasteiger partial charge in [-0.25, -0.2) is 4.79 Å². The van der Waals surface area contributed by atoms with Crippen LogP contribution in [-0.2, 0) is 19.1 Å². The zero-order valence-corrected chi connectivity index (χ0v) is 20.6. The van der Waals surface area contributed by atoms with Gasteiger partial charge in [0.1, 0.15) is 5.92 Å². The first kappa shape index (κ1) is 26.0. The van der Waals surface area contributed by atoms with Gasteiger partial charge in [-0.3, -0.25) is 9.79 Å². The van der Waals surface area contributed by atoms with E-state index in [1.807, 2.05) is 36.4 Å². The molecule has 1 aliphatic rings. The molecule has 0 N–H and O–H groups in total. The maximum atomic E-state index is 13.3. The molecule has 3 rings (SSSR count). The minimum Gasteiger partial charge on any atom is -0.468 e. The number of allylic oxidation sites excluding steroid dienone is 1. The lowest BCUT2D eigenvalue weighted by Gasteiger charge is -2.32. The number of aliphatic imine (C=N–C) groups is 1. The fourth-order valence-electron chi connectivity index (χ4n) is 4.37. The Kier molecular flexibility index (Phi) is 9.06. The van der Waals surface area contributed by atoms with E-state index in [4.69, 9.17) is 26.6 Å². The summed E-state index contributed by atoms with van der Waals surface area (Å²) in [6, 6.07) is 16.0. The number of methoxy groups -OCH3 is 1. The van der Waals surface area contributed by atoms with Crippen LogP contribution in [0.2, 0.25) is 5.02 Å². The third-order valence-electron chi connectivity index (χ3n) is 5.90. The third-order valence-corrected chi connectivity index (χ3v) is 6.14. The molecule has 3 atom stereocenters. The average molecular weight is 495 g/mol. The van der Waals surface area contributed by atoms with Crippen LogP contribution in [0.15, 0.2) is 76.0 Å². The van der Waals surface area contributed by atoms with Crippen LogP contribution in [-0.4, -0.2) is 31.4 Å². The Morgan fingerprint density at radius 1 is 1.20 bits per heavy atom. The molecule has 0 aromatic heterocycles. The lowest BCUT2D eigenvalue weighted by atomic mass is 9.75. The molecule has 8 nitrogen and oxygen atoms in total. The number of rotatable bonds is 9. The summed E-state index contributed by atoms with van der Waals surface area (Å²) < 4.78 is 10.5. The number of esters is 2. The summed E-state index contributed by atoms with van der Waals surface area (Å²) in [4.78, 5) is 33.8. The molecule has 2 aromatic rings. The monoisotopic (exact) mass is 494 g/mol. The van der Waals surface area contributed by atoms with Gasteiger partial charge in [0.05, 0.1) is 31.0 Å². The molecule has 3 unspecified atom stereocenters. The topological polar surface area (TPSA) is 114 Å². The smallest absolute Gasteiger partial charge is 0.336 e. The van der Waals surface area contributed by atoms with Crippen LogP contribution in [0.25, 0.3) is 10.4 Å². The standard InChI is InChI=1S/C26H27ClN4O4/c1-4-35-26(33)24-21(14-13-20(30-31-28)17-9-6-5-7-10-17)29-16(2)22(25(32)34-3)23(24)18-11-8-12-19(27)15-18/h5-12,15,20,22-23H,4,13-14H2,1-3H3. The van der Waals surface area contributed by atoms with Gasteiger partial charge in [-0.15, -0.1) is 0 Å². The molecular formula is C26H27ClN4O4. The summed E-state index contributed by atoms with van der Waals surface area (Å²) in [5.74, 6) is -2.57. The second kappa shape index (κ2) is 12.2. The Morgan fingerprint density at radius 2 is 1.94 bits per heavy atom. The molecule has 0 fully saturated rings. The third kappa shape index (κ3) is 6.10. The summed E-state index contributed by atoms with van der Waals surface area (Å²) in [6.07, 6.45) is 0.739. The maximum absolute atomic E-state index is 13.3. The minimum absolute atomic E-state index is 0.162. The Hall–Kier alpha value is -3.61. The van der Waals surface area contributed by atoms with E-state index in [-0.39, 0.29) is 12.2 Å². The highest BCUT2D eigenvalue weighted by Crippen LogP contribution is 2.42. The second-order valence-electron chi connectivity index (χ2n) is 8.04. The zero-order chi connectivity index (χ0) is 25.4. The SMILES string of the molecule is CCOC(=O)C1=C(CCC(N=[N+]=[N-])c2ccccc2)N=C(C)C(C(=O)OC)C1c1cccc(Cl)c1. The summed E-state index contributed by atoms with van der Waals surface area (Å²) >= 11 is 6.27. The van der Waals surface area contributed by atoms with Gasteiger partial charge in [-0.2, -0.15) is 0 Å². The number of carbonyl (C=O) groups excluding carboxylic acids is 2. The lowest BCUT2D eigenvalue weighted by Crippen LogP contribution is -2.36. The van der Waals surface area contributed by atoms with Crippen molar-refractivity contribution in [1.82, 2.24) is 0 Å². The number of hydrogen-bond donors (Lipinski definition) is 0. The van der Waals surface area contributed by atoms with E-state index >= 15 is 0 Å². The highest BCUT2D eigenvalue weighted by molar-refractivity contribution is 6.30. The van der Waals surface area contributed by atoms with Gasteiger partial charge in [-0.05, 0) is 55.5 Å². The molecule has 0 spiro atoms. The summed E-state index contributed by atoms with van der Waals surface area (Å²) in [6.45, 7) is 3.62. The van der Waals surface area contributed by atoms with Gasteiger partial charge < -0.3 is 9.47 Å². The number of benzene rings is 2. The molecule has 0 amide bonds. The first-order valence-electron chi connectivity index (χ1n) is 11.3. The van der Waals surface area contributed by atoms with Gasteiger partial charge in [0, 0.05) is 21.6 Å². The van der Waals surface area contributed by atoms with Crippen LogP contribution < -0.4 is 0 Å². The van der Waals surface area contributed by atoms with Crippen molar-refractivity contribution in [1.29, 1.82) is 0 Å². The Balaban J connectivity index is 2.12. The normalized spacial score (nSPS) is 18.2. The van der Waals surface area contributed by atoms with Crippen LogP contribution >= 0.6 is 11.6 Å². The van der Waals surface area contributed by atoms with Crippen molar-refractivity contribution < 1.29 is 19.1 Å².